The van der Waals surface area contributed by atoms with Gasteiger partial charge in [-0.1, -0.05) is 6.07 Å². The quantitative estimate of drug-likeness (QED) is 0.730. The van der Waals surface area contributed by atoms with Crippen LogP contribution in [0.25, 0.3) is 0 Å². The van der Waals surface area contributed by atoms with Crippen LogP contribution in [-0.2, 0) is 13.0 Å². The van der Waals surface area contributed by atoms with Crippen LogP contribution in [-0.4, -0.2) is 42.3 Å². The van der Waals surface area contributed by atoms with E-state index in [1.54, 1.807) is 30.0 Å². The molecule has 0 spiro atoms. The highest BCUT2D eigenvalue weighted by Gasteiger charge is 2.30. The highest BCUT2D eigenvalue weighted by atomic mass is 19.1. The first-order chi connectivity index (χ1) is 13.8. The Morgan fingerprint density at radius 2 is 2.07 bits per heavy atom. The predicted molar refractivity (Wildman–Crippen MR) is 103 cm³/mol. The number of fused-ring (bicyclic) bond motifs is 1. The van der Waals surface area contributed by atoms with Gasteiger partial charge in [-0.25, -0.2) is 9.49 Å². The molecule has 2 aromatic heterocycles. The summed E-state index contributed by atoms with van der Waals surface area (Å²) in [4.78, 5) is 26.1. The zero-order chi connectivity index (χ0) is 20.7. The lowest BCUT2D eigenvalue weighted by Gasteiger charge is -2.32. The van der Waals surface area contributed by atoms with Crippen LogP contribution in [0.2, 0.25) is 0 Å². The molecule has 0 radical (unpaired) electrons. The van der Waals surface area contributed by atoms with Gasteiger partial charge in [0.05, 0.1) is 23.8 Å². The standard InChI is InChI=1S/C20H21FN6O2/c1-11-6-15(23-25-19(11)28)7-14-4-5-17(21)16(8-14)20(29)26-9-12(2)27-13(3)22-24-18(27)10-26/h4-6,8,12H,7,9-10H2,1-3H3,(H,25,28). The molecule has 150 valence electrons. The number of nitrogens with one attached hydrogen (secondary N) is 1. The van der Waals surface area contributed by atoms with Crippen LogP contribution in [0.15, 0.2) is 29.1 Å². The van der Waals surface area contributed by atoms with Crippen molar-refractivity contribution in [3.63, 3.8) is 0 Å². The molecule has 1 N–H and O–H groups in total. The molecule has 1 amide bonds. The first-order valence-corrected chi connectivity index (χ1v) is 9.36. The minimum Gasteiger partial charge on any atom is -0.329 e. The summed E-state index contributed by atoms with van der Waals surface area (Å²) in [5.74, 6) is 0.546. The smallest absolute Gasteiger partial charge is 0.267 e. The SMILES string of the molecule is Cc1cc(Cc2ccc(F)c(C(=O)N3Cc4nnc(C)n4C(C)C3)c2)n[nH]c1=O. The predicted octanol–water partition coefficient (Wildman–Crippen LogP) is 1.93. The molecule has 0 saturated heterocycles. The Morgan fingerprint density at radius 1 is 1.28 bits per heavy atom. The van der Waals surface area contributed by atoms with Crippen molar-refractivity contribution in [1.29, 1.82) is 0 Å². The van der Waals surface area contributed by atoms with Crippen LogP contribution in [0.3, 0.4) is 0 Å². The summed E-state index contributed by atoms with van der Waals surface area (Å²) in [7, 11) is 0. The maximum Gasteiger partial charge on any atom is 0.267 e. The normalized spacial score (nSPS) is 16.0. The summed E-state index contributed by atoms with van der Waals surface area (Å²) < 4.78 is 16.5. The van der Waals surface area contributed by atoms with E-state index in [-0.39, 0.29) is 29.6 Å². The fourth-order valence-electron chi connectivity index (χ4n) is 3.76. The molecular weight excluding hydrogens is 375 g/mol. The number of H-pyrrole nitrogens is 1. The number of benzene rings is 1. The monoisotopic (exact) mass is 396 g/mol. The van der Waals surface area contributed by atoms with E-state index < -0.39 is 5.82 Å². The Labute approximate surface area is 166 Å². The van der Waals surface area contributed by atoms with Crippen molar-refractivity contribution in [1.82, 2.24) is 29.9 Å². The van der Waals surface area contributed by atoms with Gasteiger partial charge in [-0.15, -0.1) is 10.2 Å². The maximum atomic E-state index is 14.5. The molecule has 29 heavy (non-hydrogen) atoms. The van der Waals surface area contributed by atoms with Crippen molar-refractivity contribution in [3.05, 3.63) is 74.5 Å². The highest BCUT2D eigenvalue weighted by Crippen LogP contribution is 2.24. The summed E-state index contributed by atoms with van der Waals surface area (Å²) in [6.07, 6.45) is 0.377. The maximum absolute atomic E-state index is 14.5. The van der Waals surface area contributed by atoms with Gasteiger partial charge in [0.15, 0.2) is 5.82 Å². The molecule has 3 aromatic rings. The second-order valence-electron chi connectivity index (χ2n) is 7.43. The Bertz CT molecular complexity index is 1150. The van der Waals surface area contributed by atoms with E-state index in [0.717, 1.165) is 11.4 Å². The number of aromatic nitrogens is 5. The number of amides is 1. The lowest BCUT2D eigenvalue weighted by Crippen LogP contribution is -2.41. The number of carbonyl (C=O) groups is 1. The van der Waals surface area contributed by atoms with Gasteiger partial charge >= 0.3 is 0 Å². The van der Waals surface area contributed by atoms with Crippen molar-refractivity contribution in [2.24, 2.45) is 0 Å². The van der Waals surface area contributed by atoms with E-state index in [1.165, 1.54) is 6.07 Å². The first kappa shape index (κ1) is 19.0. The Morgan fingerprint density at radius 3 is 2.83 bits per heavy atom. The molecule has 1 atom stereocenters. The minimum absolute atomic E-state index is 0.0114. The van der Waals surface area contributed by atoms with Crippen LogP contribution in [0.1, 0.15) is 51.8 Å². The molecule has 0 aliphatic carbocycles. The lowest BCUT2D eigenvalue weighted by molar-refractivity contribution is 0.0675. The van der Waals surface area contributed by atoms with E-state index in [0.29, 0.717) is 30.0 Å². The summed E-state index contributed by atoms with van der Waals surface area (Å²) in [5.41, 5.74) is 1.70. The molecule has 3 heterocycles. The van der Waals surface area contributed by atoms with E-state index >= 15 is 0 Å². The second kappa shape index (κ2) is 7.23. The Hall–Kier alpha value is -3.36. The summed E-state index contributed by atoms with van der Waals surface area (Å²) in [6.45, 7) is 6.29. The molecule has 9 heteroatoms. The van der Waals surface area contributed by atoms with Crippen LogP contribution in [0, 0.1) is 19.7 Å². The summed E-state index contributed by atoms with van der Waals surface area (Å²) in [6, 6.07) is 6.16. The molecule has 0 fully saturated rings. The van der Waals surface area contributed by atoms with Crippen LogP contribution in [0.5, 0.6) is 0 Å². The summed E-state index contributed by atoms with van der Waals surface area (Å²) in [5, 5.41) is 14.7. The highest BCUT2D eigenvalue weighted by molar-refractivity contribution is 5.94. The number of hydrogen-bond donors (Lipinski definition) is 1. The van der Waals surface area contributed by atoms with E-state index in [4.69, 9.17) is 0 Å². The van der Waals surface area contributed by atoms with Gasteiger partial charge in [-0.3, -0.25) is 9.59 Å². The number of aromatic amines is 1. The lowest BCUT2D eigenvalue weighted by atomic mass is 10.0. The van der Waals surface area contributed by atoms with Gasteiger partial charge in [0, 0.05) is 18.5 Å². The Balaban J connectivity index is 1.59. The van der Waals surface area contributed by atoms with Crippen molar-refractivity contribution >= 4 is 5.91 Å². The number of carbonyl (C=O) groups excluding carboxylic acids is 1. The number of aryl methyl sites for hydroxylation is 2. The molecule has 0 saturated carbocycles. The van der Waals surface area contributed by atoms with Gasteiger partial charge in [-0.05, 0) is 44.5 Å². The average molecular weight is 396 g/mol. The van der Waals surface area contributed by atoms with Crippen molar-refractivity contribution in [3.8, 4) is 0 Å². The van der Waals surface area contributed by atoms with Crippen molar-refractivity contribution in [2.75, 3.05) is 6.54 Å². The third kappa shape index (κ3) is 3.55. The zero-order valence-corrected chi connectivity index (χ0v) is 16.4. The molecule has 4 rings (SSSR count). The second-order valence-corrected chi connectivity index (χ2v) is 7.43. The van der Waals surface area contributed by atoms with E-state index in [9.17, 15) is 14.0 Å². The number of rotatable bonds is 3. The fraction of sp³-hybridized carbons (Fsp3) is 0.350. The van der Waals surface area contributed by atoms with Crippen LogP contribution in [0.4, 0.5) is 4.39 Å². The molecule has 8 nitrogen and oxygen atoms in total. The molecular formula is C20H21FN6O2. The molecule has 0 bridgehead atoms. The average Bonchev–Trinajstić information content (AvgIpc) is 3.07. The number of halogens is 1. The van der Waals surface area contributed by atoms with Crippen molar-refractivity contribution in [2.45, 2.75) is 39.8 Å². The fourth-order valence-corrected chi connectivity index (χ4v) is 3.76. The Kier molecular flexibility index (Phi) is 4.73. The van der Waals surface area contributed by atoms with Crippen molar-refractivity contribution < 1.29 is 9.18 Å². The van der Waals surface area contributed by atoms with Gasteiger partial charge in [0.25, 0.3) is 11.5 Å². The molecule has 1 aromatic carbocycles. The van der Waals surface area contributed by atoms with E-state index in [1.807, 2.05) is 18.4 Å². The third-order valence-electron chi connectivity index (χ3n) is 5.17. The molecule has 1 aliphatic rings. The molecule has 1 unspecified atom stereocenters. The van der Waals surface area contributed by atoms with Crippen LogP contribution >= 0.6 is 0 Å². The minimum atomic E-state index is -0.569. The number of nitrogens with zero attached hydrogens (tertiary/aromatic N) is 5. The summed E-state index contributed by atoms with van der Waals surface area (Å²) >= 11 is 0. The zero-order valence-electron chi connectivity index (χ0n) is 16.4. The van der Waals surface area contributed by atoms with Gasteiger partial charge < -0.3 is 9.47 Å². The number of hydrogen-bond acceptors (Lipinski definition) is 5. The van der Waals surface area contributed by atoms with E-state index in [2.05, 4.69) is 20.4 Å². The van der Waals surface area contributed by atoms with Gasteiger partial charge in [0.1, 0.15) is 11.6 Å². The first-order valence-electron chi connectivity index (χ1n) is 9.36. The molecule has 1 aliphatic heterocycles. The van der Waals surface area contributed by atoms with Gasteiger partial charge in [0.2, 0.25) is 0 Å². The largest absolute Gasteiger partial charge is 0.329 e. The topological polar surface area (TPSA) is 96.8 Å². The third-order valence-corrected chi connectivity index (χ3v) is 5.17. The van der Waals surface area contributed by atoms with Crippen LogP contribution < -0.4 is 5.56 Å². The van der Waals surface area contributed by atoms with Gasteiger partial charge in [-0.2, -0.15) is 5.10 Å².